The van der Waals surface area contributed by atoms with Crippen molar-refractivity contribution in [3.8, 4) is 17.2 Å². The molecular weight excluding hydrogens is 530 g/mol. The van der Waals surface area contributed by atoms with Gasteiger partial charge in [0, 0.05) is 41.9 Å². The van der Waals surface area contributed by atoms with Crippen LogP contribution in [0.15, 0.2) is 17.1 Å². The Kier molecular flexibility index (Phi) is 8.30. The predicted molar refractivity (Wildman–Crippen MR) is 137 cm³/mol. The summed E-state index contributed by atoms with van der Waals surface area (Å²) in [5.41, 5.74) is 5.40. The maximum absolute atomic E-state index is 14.0. The number of phenols is 1. The zero-order chi connectivity index (χ0) is 29.5. The highest BCUT2D eigenvalue weighted by molar-refractivity contribution is 6.31. The summed E-state index contributed by atoms with van der Waals surface area (Å²) in [6, 6.07) is 2.63. The summed E-state index contributed by atoms with van der Waals surface area (Å²) in [7, 11) is 2.73. The minimum absolute atomic E-state index is 0.0127. The van der Waals surface area contributed by atoms with Crippen LogP contribution in [0.3, 0.4) is 0 Å². The third-order valence-electron chi connectivity index (χ3n) is 7.07. The Labute approximate surface area is 228 Å². The number of aliphatic hydroxyl groups is 5. The summed E-state index contributed by atoms with van der Waals surface area (Å²) in [4.78, 5) is 31.6. The van der Waals surface area contributed by atoms with Gasteiger partial charge in [0.25, 0.3) is 0 Å². The molecule has 9 N–H and O–H groups in total. The van der Waals surface area contributed by atoms with Gasteiger partial charge in [-0.25, -0.2) is 0 Å². The number of hydrogen-bond donors (Lipinski definition) is 8. The molecule has 0 saturated carbocycles. The maximum Gasteiger partial charge on any atom is 0.229 e. The van der Waals surface area contributed by atoms with Crippen molar-refractivity contribution < 1.29 is 54.4 Å². The first-order chi connectivity index (χ1) is 19.0. The van der Waals surface area contributed by atoms with Crippen LogP contribution in [0.25, 0.3) is 0 Å². The predicted octanol–water partition coefficient (Wildman–Crippen LogP) is -1.81. The van der Waals surface area contributed by atoms with Gasteiger partial charge >= 0.3 is 0 Å². The van der Waals surface area contributed by atoms with Crippen LogP contribution in [-0.4, -0.2) is 99.6 Å². The first-order valence-corrected chi connectivity index (χ1v) is 12.2. The fourth-order valence-corrected chi connectivity index (χ4v) is 4.86. The molecule has 5 atom stereocenters. The molecule has 40 heavy (non-hydrogen) atoms. The maximum atomic E-state index is 14.0. The van der Waals surface area contributed by atoms with Crippen molar-refractivity contribution in [3.05, 3.63) is 51.1 Å². The van der Waals surface area contributed by atoms with Crippen molar-refractivity contribution in [2.24, 2.45) is 10.7 Å². The van der Waals surface area contributed by atoms with Crippen LogP contribution >= 0.6 is 0 Å². The monoisotopic (exact) mass is 561 g/mol. The highest BCUT2D eigenvalue weighted by Gasteiger charge is 2.46. The molecule has 1 heterocycles. The smallest absolute Gasteiger partial charge is 0.229 e. The van der Waals surface area contributed by atoms with E-state index in [9.17, 15) is 40.2 Å². The van der Waals surface area contributed by atoms with Crippen molar-refractivity contribution in [2.45, 2.75) is 50.8 Å². The lowest BCUT2D eigenvalue weighted by atomic mass is 9.79. The van der Waals surface area contributed by atoms with Crippen molar-refractivity contribution in [2.75, 3.05) is 20.8 Å². The molecule has 2 aromatic carbocycles. The molecule has 0 bridgehead atoms. The van der Waals surface area contributed by atoms with Crippen LogP contribution in [0.5, 0.6) is 17.2 Å². The van der Waals surface area contributed by atoms with Crippen LogP contribution < -0.4 is 20.5 Å². The molecule has 216 valence electrons. The summed E-state index contributed by atoms with van der Waals surface area (Å²) >= 11 is 0. The van der Waals surface area contributed by atoms with Crippen molar-refractivity contribution in [1.82, 2.24) is 5.32 Å². The summed E-state index contributed by atoms with van der Waals surface area (Å²) in [5.74, 6) is -2.30. The van der Waals surface area contributed by atoms with E-state index in [1.807, 2.05) is 0 Å². The molecule has 1 saturated heterocycles. The fraction of sp³-hybridized carbons (Fsp3) is 0.423. The molecule has 0 radical (unpaired) electrons. The van der Waals surface area contributed by atoms with E-state index in [1.165, 1.54) is 26.3 Å². The van der Waals surface area contributed by atoms with Gasteiger partial charge in [-0.2, -0.15) is 0 Å². The van der Waals surface area contributed by atoms with Gasteiger partial charge in [-0.05, 0) is 18.6 Å². The lowest BCUT2D eigenvalue weighted by Crippen LogP contribution is -2.60. The minimum atomic E-state index is -1.82. The van der Waals surface area contributed by atoms with Crippen LogP contribution in [0.4, 0.5) is 0 Å². The zero-order valence-electron chi connectivity index (χ0n) is 21.9. The largest absolute Gasteiger partial charge is 0.507 e. The van der Waals surface area contributed by atoms with Gasteiger partial charge in [0.05, 0.1) is 31.5 Å². The van der Waals surface area contributed by atoms with Gasteiger partial charge in [-0.3, -0.25) is 14.6 Å². The topological polar surface area (TPSA) is 234 Å². The SMILES string of the molecule is CN=C(N)NCc1c(C)cc2c(c1O)C(=O)c1c(O[C@H]3O[C@H](CO)[C@@H](O)[C@H](O)[C@H]3O)cc(OC)c(CO)c1C2=O. The summed E-state index contributed by atoms with van der Waals surface area (Å²) in [5, 5.41) is 64.4. The average molecular weight is 562 g/mol. The number of benzene rings is 2. The lowest BCUT2D eigenvalue weighted by Gasteiger charge is -2.40. The molecule has 14 nitrogen and oxygen atoms in total. The number of hydrogen-bond acceptors (Lipinski definition) is 12. The Balaban J connectivity index is 1.88. The Bertz CT molecular complexity index is 1370. The van der Waals surface area contributed by atoms with Crippen LogP contribution in [0.1, 0.15) is 48.5 Å². The number of rotatable bonds is 7. The van der Waals surface area contributed by atoms with E-state index in [2.05, 4.69) is 10.3 Å². The van der Waals surface area contributed by atoms with E-state index in [0.29, 0.717) is 5.56 Å². The summed E-state index contributed by atoms with van der Waals surface area (Å²) in [6.07, 6.45) is -8.26. The van der Waals surface area contributed by atoms with E-state index in [1.54, 1.807) is 6.92 Å². The highest BCUT2D eigenvalue weighted by Crippen LogP contribution is 2.44. The number of carbonyl (C=O) groups is 2. The number of fused-ring (bicyclic) bond motifs is 2. The second kappa shape index (κ2) is 11.4. The standard InChI is InChI=1S/C26H31N3O11/c1-9-4-10-17(20(33)11(9)6-29-26(27)28-2)22(35)18-14(5-13(38-3)12(7-30)16(18)19(10)32)39-25-24(37)23(36)21(34)15(8-31)40-25/h4-5,15,21,23-25,30-31,33-34,36-37H,6-8H2,1-3H3,(H3,27,28,29)/t15-,21-,23+,24-,25+/m1/s1. The van der Waals surface area contributed by atoms with E-state index < -0.39 is 61.2 Å². The average Bonchev–Trinajstić information content (AvgIpc) is 2.94. The number of aromatic hydroxyl groups is 1. The molecule has 1 fully saturated rings. The first kappa shape index (κ1) is 29.2. The summed E-state index contributed by atoms with van der Waals surface area (Å²) in [6.45, 7) is 0.206. The Morgan fingerprint density at radius 1 is 1.02 bits per heavy atom. The number of nitrogens with zero attached hydrogens (tertiary/aromatic N) is 1. The number of ether oxygens (including phenoxy) is 3. The van der Waals surface area contributed by atoms with Crippen molar-refractivity contribution in [3.63, 3.8) is 0 Å². The normalized spacial score (nSPS) is 24.4. The number of aliphatic imine (C=N–C) groups is 1. The number of nitrogens with one attached hydrogen (secondary N) is 1. The molecule has 2 aromatic rings. The third-order valence-corrected chi connectivity index (χ3v) is 7.07. The summed E-state index contributed by atoms with van der Waals surface area (Å²) < 4.78 is 16.5. The number of methoxy groups -OCH3 is 1. The van der Waals surface area contributed by atoms with E-state index >= 15 is 0 Å². The molecule has 2 aliphatic rings. The minimum Gasteiger partial charge on any atom is -0.507 e. The van der Waals surface area contributed by atoms with Gasteiger partial charge in [-0.1, -0.05) is 0 Å². The van der Waals surface area contributed by atoms with E-state index in [0.717, 1.165) is 0 Å². The molecule has 1 aliphatic heterocycles. The molecule has 0 unspecified atom stereocenters. The van der Waals surface area contributed by atoms with Crippen LogP contribution in [0, 0.1) is 6.92 Å². The number of phenolic OH excluding ortho intramolecular Hbond substituents is 1. The zero-order valence-corrected chi connectivity index (χ0v) is 21.9. The van der Waals surface area contributed by atoms with Crippen LogP contribution in [0.2, 0.25) is 0 Å². The third kappa shape index (κ3) is 4.74. The molecular formula is C26H31N3O11. The number of aliphatic hydroxyl groups excluding tert-OH is 5. The van der Waals surface area contributed by atoms with Crippen LogP contribution in [-0.2, 0) is 17.9 Å². The number of ketones is 2. The molecule has 0 spiro atoms. The Morgan fingerprint density at radius 2 is 1.73 bits per heavy atom. The van der Waals surface area contributed by atoms with Gasteiger partial charge in [0.2, 0.25) is 12.1 Å². The highest BCUT2D eigenvalue weighted by atomic mass is 16.7. The van der Waals surface area contributed by atoms with Gasteiger partial charge in [0.1, 0.15) is 41.7 Å². The molecule has 0 aromatic heterocycles. The number of guanidine groups is 1. The van der Waals surface area contributed by atoms with E-state index in [4.69, 9.17) is 19.9 Å². The van der Waals surface area contributed by atoms with Crippen molar-refractivity contribution >= 4 is 17.5 Å². The number of aryl methyl sites for hydroxylation is 1. The second-order valence-corrected chi connectivity index (χ2v) is 9.34. The molecule has 0 amide bonds. The Hall–Kier alpha value is -3.79. The number of carbonyl (C=O) groups excluding carboxylic acids is 2. The van der Waals surface area contributed by atoms with Gasteiger partial charge in [0.15, 0.2) is 11.7 Å². The quantitative estimate of drug-likeness (QED) is 0.117. The van der Waals surface area contributed by atoms with Gasteiger partial charge in [-0.15, -0.1) is 0 Å². The van der Waals surface area contributed by atoms with Gasteiger partial charge < -0.3 is 55.9 Å². The number of nitrogens with two attached hydrogens (primary N) is 1. The molecule has 1 aliphatic carbocycles. The molecule has 14 heteroatoms. The van der Waals surface area contributed by atoms with Crippen molar-refractivity contribution in [1.29, 1.82) is 0 Å². The molecule has 4 rings (SSSR count). The fourth-order valence-electron chi connectivity index (χ4n) is 4.86. The second-order valence-electron chi connectivity index (χ2n) is 9.34. The Morgan fingerprint density at radius 3 is 2.33 bits per heavy atom. The van der Waals surface area contributed by atoms with E-state index in [-0.39, 0.29) is 57.4 Å². The lowest BCUT2D eigenvalue weighted by molar-refractivity contribution is -0.277. The first-order valence-electron chi connectivity index (χ1n) is 12.2.